The second-order valence-electron chi connectivity index (χ2n) is 9.32. The quantitative estimate of drug-likeness (QED) is 0.104. The molecule has 0 spiro atoms. The van der Waals surface area contributed by atoms with Crippen LogP contribution in [0.1, 0.15) is 0 Å². The van der Waals surface area contributed by atoms with Gasteiger partial charge in [0.05, 0.1) is 39.4 Å². The molecule has 0 unspecified atom stereocenters. The van der Waals surface area contributed by atoms with Gasteiger partial charge >= 0.3 is 69.3 Å². The summed E-state index contributed by atoms with van der Waals surface area (Å²) in [5.74, 6) is -5.97. The fourth-order valence-electron chi connectivity index (χ4n) is 4.53. The monoisotopic (exact) mass is 796 g/mol. The molecule has 56 heavy (non-hydrogen) atoms. The molecular weight excluding hydrogens is 792 g/mol. The third kappa shape index (κ3) is 6.13. The maximum Gasteiger partial charge on any atom is 0.493 e. The lowest BCUT2D eigenvalue weighted by Gasteiger charge is -2.07. The molecular formula is C16H4N20O20. The van der Waals surface area contributed by atoms with Gasteiger partial charge in [-0.05, 0) is 19.8 Å². The van der Waals surface area contributed by atoms with Gasteiger partial charge in [0.25, 0.3) is 22.7 Å². The highest BCUT2D eigenvalue weighted by molar-refractivity contribution is 5.94. The highest BCUT2D eigenvalue weighted by atomic mass is 16.7. The highest BCUT2D eigenvalue weighted by Crippen LogP contribution is 2.57. The molecule has 0 saturated carbocycles. The van der Waals surface area contributed by atoms with Crippen molar-refractivity contribution in [3.8, 4) is 11.4 Å². The number of nitro benzene ring substituents is 8. The number of azo groups is 1. The van der Waals surface area contributed by atoms with Gasteiger partial charge in [-0.2, -0.15) is 0 Å². The number of hydrogen-bond donors (Lipinski definition) is 2. The first-order valence-corrected chi connectivity index (χ1v) is 12.7. The Morgan fingerprint density at radius 1 is 0.375 bits per heavy atom. The summed E-state index contributed by atoms with van der Waals surface area (Å²) in [6.07, 6.45) is 0. The van der Waals surface area contributed by atoms with Crippen molar-refractivity contribution in [2.75, 3.05) is 11.5 Å². The van der Waals surface area contributed by atoms with Gasteiger partial charge in [0.15, 0.2) is 0 Å². The van der Waals surface area contributed by atoms with E-state index in [0.29, 0.717) is 0 Å². The second-order valence-corrected chi connectivity index (χ2v) is 9.32. The Kier molecular flexibility index (Phi) is 9.38. The molecule has 0 bridgehead atoms. The molecule has 2 aromatic heterocycles. The molecule has 0 aliphatic rings. The second kappa shape index (κ2) is 13.6. The molecule has 2 aromatic carbocycles. The number of nitro groups is 10. The van der Waals surface area contributed by atoms with Crippen molar-refractivity contribution < 1.29 is 49.2 Å². The van der Waals surface area contributed by atoms with E-state index in [-0.39, 0.29) is 0 Å². The van der Waals surface area contributed by atoms with Gasteiger partial charge < -0.3 is 31.7 Å². The van der Waals surface area contributed by atoms with E-state index in [4.69, 9.17) is 11.5 Å². The Bertz CT molecular complexity index is 2320. The third-order valence-electron chi connectivity index (χ3n) is 6.39. The Hall–Kier alpha value is -10.1. The molecule has 2 heterocycles. The average molecular weight is 796 g/mol. The van der Waals surface area contributed by atoms with E-state index in [0.717, 1.165) is 0 Å². The molecule has 0 saturated heterocycles. The summed E-state index contributed by atoms with van der Waals surface area (Å²) >= 11 is 0. The highest BCUT2D eigenvalue weighted by Gasteiger charge is 2.54. The lowest BCUT2D eigenvalue weighted by atomic mass is 10.1. The van der Waals surface area contributed by atoms with Crippen LogP contribution in [-0.2, 0) is 0 Å². The van der Waals surface area contributed by atoms with Crippen LogP contribution in [0.4, 0.5) is 80.7 Å². The molecule has 40 nitrogen and oxygen atoms in total. The van der Waals surface area contributed by atoms with E-state index >= 15 is 0 Å². The van der Waals surface area contributed by atoms with Gasteiger partial charge in [-0.25, -0.2) is 0 Å². The lowest BCUT2D eigenvalue weighted by Crippen LogP contribution is -2.13. The summed E-state index contributed by atoms with van der Waals surface area (Å²) in [7, 11) is 0. The minimum atomic E-state index is -2.38. The van der Waals surface area contributed by atoms with Crippen molar-refractivity contribution in [2.45, 2.75) is 0 Å². The van der Waals surface area contributed by atoms with Crippen LogP contribution in [0.25, 0.3) is 11.4 Å². The summed E-state index contributed by atoms with van der Waals surface area (Å²) in [6, 6.07) is 0. The van der Waals surface area contributed by atoms with Crippen LogP contribution in [0.15, 0.2) is 10.2 Å². The van der Waals surface area contributed by atoms with Gasteiger partial charge in [-0.3, -0.25) is 80.9 Å². The van der Waals surface area contributed by atoms with Crippen LogP contribution in [0, 0.1) is 101 Å². The SMILES string of the molecule is Nc1nc([N+](=O)[O-])nn1-c1c([N+](=O)[O-])c([N+](=O)[O-])c(N=Nc2c([N+](=O)[O-])c([N+](=O)[O-])c(-n3nc([N+](=O)[O-])nc3N)c([N+](=O)[O-])c2[N+](=O)[O-])c([N+](=O)[O-])c1[N+](=O)[O-]. The molecule has 0 aliphatic heterocycles. The fraction of sp³-hybridized carbons (Fsp3) is 0. The molecule has 0 fully saturated rings. The average Bonchev–Trinajstić information content (AvgIpc) is 3.66. The summed E-state index contributed by atoms with van der Waals surface area (Å²) in [4.78, 5) is 108. The Balaban J connectivity index is 2.36. The number of nitrogens with zero attached hydrogens (tertiary/aromatic N) is 18. The number of nitrogen functional groups attached to an aromatic ring is 2. The summed E-state index contributed by atoms with van der Waals surface area (Å²) in [5, 5.41) is 132. The lowest BCUT2D eigenvalue weighted by molar-refractivity contribution is -0.433. The molecule has 288 valence electrons. The molecule has 4 rings (SSSR count). The van der Waals surface area contributed by atoms with Crippen molar-refractivity contribution in [1.29, 1.82) is 0 Å². The van der Waals surface area contributed by atoms with Crippen molar-refractivity contribution >= 4 is 80.7 Å². The number of benzene rings is 2. The molecule has 0 atom stereocenters. The van der Waals surface area contributed by atoms with E-state index in [1.54, 1.807) is 0 Å². The summed E-state index contributed by atoms with van der Waals surface area (Å²) in [6.45, 7) is 0. The van der Waals surface area contributed by atoms with Crippen molar-refractivity contribution in [3.05, 3.63) is 101 Å². The molecule has 0 radical (unpaired) electrons. The van der Waals surface area contributed by atoms with Gasteiger partial charge in [0.2, 0.25) is 0 Å². The number of nitrogens with two attached hydrogens (primary N) is 2. The van der Waals surface area contributed by atoms with Crippen LogP contribution >= 0.6 is 0 Å². The number of rotatable bonds is 14. The third-order valence-corrected chi connectivity index (χ3v) is 6.39. The van der Waals surface area contributed by atoms with Crippen molar-refractivity contribution in [3.63, 3.8) is 0 Å². The van der Waals surface area contributed by atoms with Crippen LogP contribution in [-0.4, -0.2) is 78.8 Å². The molecule has 4 N–H and O–H groups in total. The zero-order valence-corrected chi connectivity index (χ0v) is 25.4. The molecule has 0 aliphatic carbocycles. The smallest absolute Gasteiger partial charge is 0.390 e. The summed E-state index contributed by atoms with van der Waals surface area (Å²) in [5.41, 5.74) is -16.5. The van der Waals surface area contributed by atoms with E-state index in [9.17, 15) is 101 Å². The minimum absolute atomic E-state index is 0.392. The van der Waals surface area contributed by atoms with Crippen LogP contribution in [0.3, 0.4) is 0 Å². The van der Waals surface area contributed by atoms with Crippen LogP contribution in [0.2, 0.25) is 0 Å². The Morgan fingerprint density at radius 3 is 0.750 bits per heavy atom. The molecule has 4 aromatic rings. The van der Waals surface area contributed by atoms with Crippen LogP contribution < -0.4 is 11.5 Å². The van der Waals surface area contributed by atoms with E-state index in [1.807, 2.05) is 0 Å². The van der Waals surface area contributed by atoms with Crippen LogP contribution in [0.5, 0.6) is 0 Å². The fourth-order valence-corrected chi connectivity index (χ4v) is 4.53. The first-order chi connectivity index (χ1) is 26.0. The van der Waals surface area contributed by atoms with Gasteiger partial charge in [-0.15, -0.1) is 19.6 Å². The standard InChI is InChI=1S/C16H4N20O20/c17-13-19-15(35(53)54)23-25(13)7-9(31(45)46)3(27(37)38)1(4(28(39)40)10(7)32(47)48)21-22-2-5(29(41)42)11(33(49)50)8(12(34(51)52)6(2)30(43)44)26-14(18)20-16(24-26)36(55)56/h(H2,17,19,23)(H2,18,20,24). The minimum Gasteiger partial charge on any atom is -0.390 e. The molecule has 40 heteroatoms. The first kappa shape index (κ1) is 38.7. The Morgan fingerprint density at radius 2 is 0.589 bits per heavy atom. The van der Waals surface area contributed by atoms with E-state index in [1.165, 1.54) is 0 Å². The number of hydrogen-bond acceptors (Lipinski definition) is 28. The predicted octanol–water partition coefficient (Wildman–Crippen LogP) is 1.51. The topological polar surface area (TPSA) is 570 Å². The van der Waals surface area contributed by atoms with Crippen molar-refractivity contribution in [2.24, 2.45) is 10.2 Å². The number of anilines is 2. The molecule has 0 amide bonds. The Labute approximate surface area is 294 Å². The zero-order valence-electron chi connectivity index (χ0n) is 25.4. The van der Waals surface area contributed by atoms with E-state index in [2.05, 4.69) is 30.4 Å². The maximum atomic E-state index is 12.3. The van der Waals surface area contributed by atoms with Gasteiger partial charge in [-0.1, -0.05) is 0 Å². The zero-order chi connectivity index (χ0) is 42.4. The normalized spacial score (nSPS) is 10.9. The number of aromatic nitrogens is 6. The van der Waals surface area contributed by atoms with Crippen molar-refractivity contribution in [1.82, 2.24) is 29.5 Å². The first-order valence-electron chi connectivity index (χ1n) is 12.7. The van der Waals surface area contributed by atoms with Gasteiger partial charge in [0, 0.05) is 10.2 Å². The predicted molar refractivity (Wildman–Crippen MR) is 162 cm³/mol. The summed E-state index contributed by atoms with van der Waals surface area (Å²) < 4.78 is -0.784. The maximum absolute atomic E-state index is 12.3. The van der Waals surface area contributed by atoms with Gasteiger partial charge in [0.1, 0.15) is 0 Å². The van der Waals surface area contributed by atoms with E-state index < -0.39 is 151 Å². The largest absolute Gasteiger partial charge is 0.493 e.